The molecule has 3 atom stereocenters. The fourth-order valence-corrected chi connectivity index (χ4v) is 2.57. The number of rotatable bonds is 6. The second-order valence-electron chi connectivity index (χ2n) is 4.55. The van der Waals surface area contributed by atoms with Gasteiger partial charge in [-0.1, -0.05) is 33.1 Å². The lowest BCUT2D eigenvalue weighted by Crippen LogP contribution is -2.44. The summed E-state index contributed by atoms with van der Waals surface area (Å²) in [6, 6.07) is 0.0924. The Bertz CT molecular complexity index is 206. The normalized spacial score (nSPS) is 27.9. The molecule has 2 N–H and O–H groups in total. The van der Waals surface area contributed by atoms with Crippen LogP contribution in [0.5, 0.6) is 0 Å². The maximum Gasteiger partial charge on any atom is 0.320 e. The fraction of sp³-hybridized carbons (Fsp3) is 0.917. The maximum atomic E-state index is 11.0. The van der Waals surface area contributed by atoms with Crippen LogP contribution in [-0.2, 0) is 4.79 Å². The SMILES string of the molecule is CCCC(NC1CCCC1CC)C(=O)O. The van der Waals surface area contributed by atoms with Crippen molar-refractivity contribution in [3.05, 3.63) is 0 Å². The molecule has 0 radical (unpaired) electrons. The van der Waals surface area contributed by atoms with Gasteiger partial charge in [-0.05, 0) is 25.2 Å². The van der Waals surface area contributed by atoms with Gasteiger partial charge in [0, 0.05) is 6.04 Å². The zero-order valence-corrected chi connectivity index (χ0v) is 9.83. The Kier molecular flexibility index (Phi) is 5.09. The third-order valence-electron chi connectivity index (χ3n) is 3.47. The van der Waals surface area contributed by atoms with Crippen molar-refractivity contribution in [2.75, 3.05) is 0 Å². The van der Waals surface area contributed by atoms with Crippen LogP contribution in [0.15, 0.2) is 0 Å². The van der Waals surface area contributed by atoms with E-state index < -0.39 is 5.97 Å². The average molecular weight is 213 g/mol. The summed E-state index contributed by atoms with van der Waals surface area (Å²) in [7, 11) is 0. The molecule has 1 rings (SSSR count). The molecule has 3 nitrogen and oxygen atoms in total. The van der Waals surface area contributed by atoms with E-state index in [1.807, 2.05) is 6.92 Å². The third-order valence-corrected chi connectivity index (χ3v) is 3.47. The van der Waals surface area contributed by atoms with Gasteiger partial charge in [-0.25, -0.2) is 0 Å². The first-order valence-electron chi connectivity index (χ1n) is 6.17. The lowest BCUT2D eigenvalue weighted by molar-refractivity contribution is -0.140. The fourth-order valence-electron chi connectivity index (χ4n) is 2.57. The zero-order chi connectivity index (χ0) is 11.3. The molecule has 0 amide bonds. The summed E-state index contributed by atoms with van der Waals surface area (Å²) in [5, 5.41) is 12.4. The quantitative estimate of drug-likeness (QED) is 0.712. The minimum absolute atomic E-state index is 0.341. The van der Waals surface area contributed by atoms with Crippen LogP contribution < -0.4 is 5.32 Å². The van der Waals surface area contributed by atoms with Crippen LogP contribution in [0, 0.1) is 5.92 Å². The van der Waals surface area contributed by atoms with E-state index in [-0.39, 0.29) is 6.04 Å². The summed E-state index contributed by atoms with van der Waals surface area (Å²) in [5.74, 6) is -0.0118. The van der Waals surface area contributed by atoms with E-state index in [9.17, 15) is 4.79 Å². The van der Waals surface area contributed by atoms with Gasteiger partial charge in [-0.3, -0.25) is 4.79 Å². The van der Waals surface area contributed by atoms with E-state index in [1.165, 1.54) is 12.8 Å². The van der Waals surface area contributed by atoms with E-state index in [2.05, 4.69) is 12.2 Å². The van der Waals surface area contributed by atoms with Gasteiger partial charge in [0.05, 0.1) is 0 Å². The molecule has 1 aliphatic rings. The Labute approximate surface area is 92.3 Å². The van der Waals surface area contributed by atoms with Gasteiger partial charge in [0.2, 0.25) is 0 Å². The van der Waals surface area contributed by atoms with Crippen molar-refractivity contribution >= 4 is 5.97 Å². The van der Waals surface area contributed by atoms with Gasteiger partial charge in [0.15, 0.2) is 0 Å². The molecule has 1 aliphatic carbocycles. The zero-order valence-electron chi connectivity index (χ0n) is 9.83. The highest BCUT2D eigenvalue weighted by molar-refractivity contribution is 5.73. The highest BCUT2D eigenvalue weighted by Gasteiger charge is 2.29. The standard InChI is InChI=1S/C12H23NO2/c1-3-6-11(12(14)15)13-10-8-5-7-9(10)4-2/h9-11,13H,3-8H2,1-2H3,(H,14,15). The molecule has 0 aromatic rings. The molecule has 88 valence electrons. The van der Waals surface area contributed by atoms with Crippen molar-refractivity contribution < 1.29 is 9.90 Å². The van der Waals surface area contributed by atoms with Crippen molar-refractivity contribution in [2.45, 2.75) is 64.5 Å². The van der Waals surface area contributed by atoms with Gasteiger partial charge in [-0.2, -0.15) is 0 Å². The van der Waals surface area contributed by atoms with Crippen LogP contribution in [0.2, 0.25) is 0 Å². The summed E-state index contributed by atoms with van der Waals surface area (Å²) in [5.41, 5.74) is 0. The molecule has 0 aromatic carbocycles. The molecule has 0 heterocycles. The first kappa shape index (κ1) is 12.5. The molecule has 0 aliphatic heterocycles. The van der Waals surface area contributed by atoms with Crippen LogP contribution in [0.25, 0.3) is 0 Å². The molecule has 1 saturated carbocycles. The number of carboxylic acids is 1. The summed E-state index contributed by atoms with van der Waals surface area (Å²) in [6.45, 7) is 4.23. The number of carbonyl (C=O) groups is 1. The Morgan fingerprint density at radius 2 is 2.20 bits per heavy atom. The predicted molar refractivity (Wildman–Crippen MR) is 60.9 cm³/mol. The van der Waals surface area contributed by atoms with Gasteiger partial charge >= 0.3 is 5.97 Å². The number of carboxylic acid groups (broad SMARTS) is 1. The summed E-state index contributed by atoms with van der Waals surface area (Å²) in [6.07, 6.45) is 6.47. The van der Waals surface area contributed by atoms with Crippen molar-refractivity contribution in [3.63, 3.8) is 0 Å². The number of nitrogens with one attached hydrogen (secondary N) is 1. The van der Waals surface area contributed by atoms with Crippen LogP contribution in [0.1, 0.15) is 52.4 Å². The maximum absolute atomic E-state index is 11.0. The van der Waals surface area contributed by atoms with E-state index in [4.69, 9.17) is 5.11 Å². The third kappa shape index (κ3) is 3.49. The van der Waals surface area contributed by atoms with E-state index in [0.29, 0.717) is 12.0 Å². The lowest BCUT2D eigenvalue weighted by Gasteiger charge is -2.24. The second-order valence-corrected chi connectivity index (χ2v) is 4.55. The molecular weight excluding hydrogens is 190 g/mol. The monoisotopic (exact) mass is 213 g/mol. The van der Waals surface area contributed by atoms with Crippen molar-refractivity contribution in [1.29, 1.82) is 0 Å². The summed E-state index contributed by atoms with van der Waals surface area (Å²) < 4.78 is 0. The minimum Gasteiger partial charge on any atom is -0.480 e. The van der Waals surface area contributed by atoms with E-state index >= 15 is 0 Å². The average Bonchev–Trinajstić information content (AvgIpc) is 2.64. The van der Waals surface area contributed by atoms with E-state index in [1.54, 1.807) is 0 Å². The topological polar surface area (TPSA) is 49.3 Å². The second kappa shape index (κ2) is 6.11. The lowest BCUT2D eigenvalue weighted by atomic mass is 9.99. The van der Waals surface area contributed by atoms with Crippen molar-refractivity contribution in [2.24, 2.45) is 5.92 Å². The number of hydrogen-bond donors (Lipinski definition) is 2. The summed E-state index contributed by atoms with van der Waals surface area (Å²) >= 11 is 0. The highest BCUT2D eigenvalue weighted by Crippen LogP contribution is 2.28. The molecular formula is C12H23NO2. The molecule has 0 saturated heterocycles. The predicted octanol–water partition coefficient (Wildman–Crippen LogP) is 2.41. The minimum atomic E-state index is -0.696. The molecule has 0 bridgehead atoms. The van der Waals surface area contributed by atoms with Gasteiger partial charge in [-0.15, -0.1) is 0 Å². The molecule has 3 unspecified atom stereocenters. The van der Waals surface area contributed by atoms with Crippen molar-refractivity contribution in [1.82, 2.24) is 5.32 Å². The number of hydrogen-bond acceptors (Lipinski definition) is 2. The molecule has 3 heteroatoms. The molecule has 0 spiro atoms. The Balaban J connectivity index is 2.46. The van der Waals surface area contributed by atoms with Crippen LogP contribution in [0.4, 0.5) is 0 Å². The largest absolute Gasteiger partial charge is 0.480 e. The highest BCUT2D eigenvalue weighted by atomic mass is 16.4. The Morgan fingerprint density at radius 1 is 1.47 bits per heavy atom. The van der Waals surface area contributed by atoms with Gasteiger partial charge in [0.25, 0.3) is 0 Å². The van der Waals surface area contributed by atoms with Crippen LogP contribution in [0.3, 0.4) is 0 Å². The Morgan fingerprint density at radius 3 is 2.73 bits per heavy atom. The van der Waals surface area contributed by atoms with Crippen molar-refractivity contribution in [3.8, 4) is 0 Å². The molecule has 15 heavy (non-hydrogen) atoms. The number of aliphatic carboxylic acids is 1. The molecule has 0 aromatic heterocycles. The van der Waals surface area contributed by atoms with E-state index in [0.717, 1.165) is 25.7 Å². The van der Waals surface area contributed by atoms with Gasteiger partial charge < -0.3 is 10.4 Å². The first-order valence-corrected chi connectivity index (χ1v) is 6.17. The van der Waals surface area contributed by atoms with Crippen LogP contribution >= 0.6 is 0 Å². The molecule has 1 fully saturated rings. The Hall–Kier alpha value is -0.570. The summed E-state index contributed by atoms with van der Waals surface area (Å²) in [4.78, 5) is 11.0. The van der Waals surface area contributed by atoms with Gasteiger partial charge in [0.1, 0.15) is 6.04 Å². The smallest absolute Gasteiger partial charge is 0.320 e. The van der Waals surface area contributed by atoms with Crippen LogP contribution in [-0.4, -0.2) is 23.2 Å². The first-order chi connectivity index (χ1) is 7.19.